The quantitative estimate of drug-likeness (QED) is 0.186. The van der Waals surface area contributed by atoms with Crippen LogP contribution in [0.5, 0.6) is 5.75 Å². The molecule has 0 amide bonds. The van der Waals surface area contributed by atoms with Crippen molar-refractivity contribution >= 4 is 40.5 Å². The predicted molar refractivity (Wildman–Crippen MR) is 131 cm³/mol. The van der Waals surface area contributed by atoms with Crippen LogP contribution < -0.4 is 10.2 Å². The van der Waals surface area contributed by atoms with E-state index in [0.717, 1.165) is 39.7 Å². The molecule has 9 heteroatoms. The standard InChI is InChI=1S/C24H22N4O4S/c1-25-28-24(33-15-23(29)30)26-13-19-8-10-22(32-19)21-12-17-11-18(7-9-20(17)27-21)31-14-16-5-3-2-4-6-16/h2-12,27H,1,13-15H2,(H,26,28)(H,29,30). The number of aromatic nitrogens is 1. The highest BCUT2D eigenvalue weighted by Gasteiger charge is 2.10. The zero-order valence-electron chi connectivity index (χ0n) is 17.7. The van der Waals surface area contributed by atoms with Crippen LogP contribution in [0.4, 0.5) is 0 Å². The molecule has 168 valence electrons. The van der Waals surface area contributed by atoms with Crippen molar-refractivity contribution in [3.63, 3.8) is 0 Å². The number of amidine groups is 1. The van der Waals surface area contributed by atoms with Gasteiger partial charge in [0, 0.05) is 17.6 Å². The van der Waals surface area contributed by atoms with Crippen LogP contribution in [-0.4, -0.2) is 33.7 Å². The Morgan fingerprint density at radius 3 is 2.79 bits per heavy atom. The summed E-state index contributed by atoms with van der Waals surface area (Å²) in [6.07, 6.45) is 0. The average molecular weight is 463 g/mol. The first-order chi connectivity index (χ1) is 16.1. The van der Waals surface area contributed by atoms with Gasteiger partial charge in [0.25, 0.3) is 0 Å². The molecule has 3 N–H and O–H groups in total. The number of carboxylic acids is 1. The van der Waals surface area contributed by atoms with Gasteiger partial charge in [-0.2, -0.15) is 5.10 Å². The highest BCUT2D eigenvalue weighted by atomic mass is 32.2. The maximum atomic E-state index is 10.8. The number of rotatable bonds is 9. The van der Waals surface area contributed by atoms with Gasteiger partial charge in [-0.05, 0) is 42.0 Å². The second kappa shape index (κ2) is 10.6. The number of furan rings is 1. The van der Waals surface area contributed by atoms with Gasteiger partial charge in [0.2, 0.25) is 0 Å². The molecule has 0 aliphatic rings. The lowest BCUT2D eigenvalue weighted by Gasteiger charge is -2.06. The van der Waals surface area contributed by atoms with Gasteiger partial charge in [-0.3, -0.25) is 15.2 Å². The van der Waals surface area contributed by atoms with Gasteiger partial charge < -0.3 is 19.2 Å². The van der Waals surface area contributed by atoms with E-state index in [1.165, 1.54) is 0 Å². The Labute approximate surface area is 194 Å². The fourth-order valence-corrected chi connectivity index (χ4v) is 3.69. The number of aliphatic imine (C=N–C) groups is 1. The van der Waals surface area contributed by atoms with Crippen LogP contribution >= 0.6 is 11.8 Å². The fourth-order valence-electron chi connectivity index (χ4n) is 3.14. The summed E-state index contributed by atoms with van der Waals surface area (Å²) in [4.78, 5) is 18.4. The number of carboxylic acid groups (broad SMARTS) is 1. The van der Waals surface area contributed by atoms with Crippen molar-refractivity contribution in [2.75, 3.05) is 5.75 Å². The molecule has 4 aromatic rings. The van der Waals surface area contributed by atoms with Crippen molar-refractivity contribution in [2.45, 2.75) is 13.2 Å². The molecule has 0 spiro atoms. The number of fused-ring (bicyclic) bond motifs is 1. The molecule has 2 heterocycles. The number of carbonyl (C=O) groups is 1. The van der Waals surface area contributed by atoms with E-state index in [-0.39, 0.29) is 12.3 Å². The third kappa shape index (κ3) is 6.05. The monoisotopic (exact) mass is 462 g/mol. The number of hydrogen-bond donors (Lipinski definition) is 3. The largest absolute Gasteiger partial charge is 0.489 e. The number of thioether (sulfide) groups is 1. The maximum Gasteiger partial charge on any atom is 0.313 e. The lowest BCUT2D eigenvalue weighted by molar-refractivity contribution is -0.133. The summed E-state index contributed by atoms with van der Waals surface area (Å²) in [6.45, 7) is 4.09. The van der Waals surface area contributed by atoms with Gasteiger partial charge in [-0.15, -0.1) is 0 Å². The third-order valence-electron chi connectivity index (χ3n) is 4.65. The van der Waals surface area contributed by atoms with Crippen LogP contribution in [0, 0.1) is 0 Å². The van der Waals surface area contributed by atoms with Gasteiger partial charge >= 0.3 is 5.97 Å². The smallest absolute Gasteiger partial charge is 0.313 e. The zero-order valence-corrected chi connectivity index (χ0v) is 18.5. The van der Waals surface area contributed by atoms with E-state index in [1.54, 1.807) is 0 Å². The molecule has 0 atom stereocenters. The Morgan fingerprint density at radius 2 is 2.00 bits per heavy atom. The summed E-state index contributed by atoms with van der Waals surface area (Å²) in [5.41, 5.74) is 5.52. The van der Waals surface area contributed by atoms with E-state index in [4.69, 9.17) is 14.3 Å². The average Bonchev–Trinajstić information content (AvgIpc) is 3.46. The zero-order chi connectivity index (χ0) is 23.0. The lowest BCUT2D eigenvalue weighted by Crippen LogP contribution is -2.16. The molecule has 2 aromatic carbocycles. The van der Waals surface area contributed by atoms with E-state index in [2.05, 4.69) is 27.2 Å². The summed E-state index contributed by atoms with van der Waals surface area (Å²) in [6, 6.07) is 21.6. The summed E-state index contributed by atoms with van der Waals surface area (Å²) in [5.74, 6) is 1.04. The number of nitrogens with one attached hydrogen (secondary N) is 2. The molecule has 2 aromatic heterocycles. The molecule has 4 rings (SSSR count). The van der Waals surface area contributed by atoms with Crippen molar-refractivity contribution in [2.24, 2.45) is 10.1 Å². The van der Waals surface area contributed by atoms with E-state index in [0.29, 0.717) is 23.3 Å². The molecule has 0 aliphatic heterocycles. The number of hydrogen-bond acceptors (Lipinski definition) is 6. The highest BCUT2D eigenvalue weighted by Crippen LogP contribution is 2.29. The van der Waals surface area contributed by atoms with Crippen LogP contribution in [0.3, 0.4) is 0 Å². The van der Waals surface area contributed by atoms with Crippen molar-refractivity contribution in [3.05, 3.63) is 78.1 Å². The molecule has 0 saturated carbocycles. The third-order valence-corrected chi connectivity index (χ3v) is 5.54. The van der Waals surface area contributed by atoms with Crippen LogP contribution in [0.1, 0.15) is 11.3 Å². The number of aliphatic carboxylic acids is 1. The Kier molecular flexibility index (Phi) is 7.11. The predicted octanol–water partition coefficient (Wildman–Crippen LogP) is 4.89. The number of aromatic amines is 1. The first-order valence-corrected chi connectivity index (χ1v) is 11.1. The molecular weight excluding hydrogens is 440 g/mol. The molecule has 8 nitrogen and oxygen atoms in total. The maximum absolute atomic E-state index is 10.8. The summed E-state index contributed by atoms with van der Waals surface area (Å²) < 4.78 is 11.8. The molecule has 0 radical (unpaired) electrons. The summed E-state index contributed by atoms with van der Waals surface area (Å²) in [7, 11) is 0. The van der Waals surface area contributed by atoms with Crippen LogP contribution in [0.2, 0.25) is 0 Å². The van der Waals surface area contributed by atoms with Crippen LogP contribution in [0.15, 0.2) is 81.2 Å². The molecule has 0 bridgehead atoms. The fraction of sp³-hybridized carbons (Fsp3) is 0.125. The minimum absolute atomic E-state index is 0.128. The van der Waals surface area contributed by atoms with Crippen molar-refractivity contribution in [1.82, 2.24) is 10.4 Å². The lowest BCUT2D eigenvalue weighted by atomic mass is 10.2. The molecule has 33 heavy (non-hydrogen) atoms. The van der Waals surface area contributed by atoms with Crippen molar-refractivity contribution < 1.29 is 19.1 Å². The SMILES string of the molecule is C=NNC(=NCc1ccc(-c2cc3cc(OCc4ccccc4)ccc3[nH]2)o1)SCC(=O)O. The number of benzene rings is 2. The topological polar surface area (TPSA) is 112 Å². The number of hydrazone groups is 1. The molecule has 0 fully saturated rings. The summed E-state index contributed by atoms with van der Waals surface area (Å²) in [5, 5.41) is 13.7. The van der Waals surface area contributed by atoms with Crippen LogP contribution in [-0.2, 0) is 17.9 Å². The normalized spacial score (nSPS) is 11.5. The van der Waals surface area contributed by atoms with Gasteiger partial charge in [0.1, 0.15) is 18.1 Å². The Morgan fingerprint density at radius 1 is 1.15 bits per heavy atom. The van der Waals surface area contributed by atoms with E-state index < -0.39 is 5.97 Å². The minimum atomic E-state index is -0.939. The van der Waals surface area contributed by atoms with Crippen molar-refractivity contribution in [3.8, 4) is 17.2 Å². The first-order valence-electron chi connectivity index (χ1n) is 10.1. The van der Waals surface area contributed by atoms with E-state index >= 15 is 0 Å². The van der Waals surface area contributed by atoms with Gasteiger partial charge in [0.15, 0.2) is 10.9 Å². The molecule has 0 aliphatic carbocycles. The number of nitrogens with zero attached hydrogens (tertiary/aromatic N) is 2. The Bertz CT molecular complexity index is 1280. The number of ether oxygens (including phenoxy) is 1. The van der Waals surface area contributed by atoms with Gasteiger partial charge in [-0.1, -0.05) is 42.1 Å². The van der Waals surface area contributed by atoms with Gasteiger partial charge in [-0.25, -0.2) is 0 Å². The molecule has 0 saturated heterocycles. The minimum Gasteiger partial charge on any atom is -0.489 e. The number of H-pyrrole nitrogens is 1. The molecular formula is C24H22N4O4S. The second-order valence-electron chi connectivity index (χ2n) is 7.05. The van der Waals surface area contributed by atoms with Gasteiger partial charge in [0.05, 0.1) is 18.0 Å². The van der Waals surface area contributed by atoms with Crippen molar-refractivity contribution in [1.29, 1.82) is 0 Å². The second-order valence-corrected chi connectivity index (χ2v) is 8.01. The van der Waals surface area contributed by atoms with E-state index in [9.17, 15) is 4.79 Å². The summed E-state index contributed by atoms with van der Waals surface area (Å²) >= 11 is 1.03. The highest BCUT2D eigenvalue weighted by molar-refractivity contribution is 8.14. The first kappa shape index (κ1) is 22.2. The van der Waals surface area contributed by atoms with E-state index in [1.807, 2.05) is 66.7 Å². The molecule has 0 unspecified atom stereocenters. The van der Waals surface area contributed by atoms with Crippen LogP contribution in [0.25, 0.3) is 22.4 Å². The Hall–Kier alpha value is -3.98. The Balaban J connectivity index is 1.44.